The van der Waals surface area contributed by atoms with Gasteiger partial charge >= 0.3 is 0 Å². The van der Waals surface area contributed by atoms with Gasteiger partial charge in [-0.3, -0.25) is 0 Å². The van der Waals surface area contributed by atoms with E-state index in [0.29, 0.717) is 5.92 Å². The zero-order chi connectivity index (χ0) is 10.3. The van der Waals surface area contributed by atoms with Crippen molar-refractivity contribution in [3.05, 3.63) is 22.0 Å². The molecule has 0 bridgehead atoms. The van der Waals surface area contributed by atoms with Gasteiger partial charge in [-0.05, 0) is 18.8 Å². The molecule has 1 aliphatic rings. The van der Waals surface area contributed by atoms with E-state index in [0.717, 1.165) is 15.7 Å². The second-order valence-electron chi connectivity index (χ2n) is 3.77. The molecule has 0 saturated heterocycles. The van der Waals surface area contributed by atoms with Crippen molar-refractivity contribution in [3.8, 4) is 10.7 Å². The minimum absolute atomic E-state index is 0.142. The molecule has 2 heterocycles. The summed E-state index contributed by atoms with van der Waals surface area (Å²) in [4.78, 5) is 8.80. The number of aromatic nitrogens is 2. The van der Waals surface area contributed by atoms with Gasteiger partial charge in [0.25, 0.3) is 0 Å². The van der Waals surface area contributed by atoms with E-state index in [9.17, 15) is 0 Å². The number of thiazole rings is 2. The minimum atomic E-state index is 0.142. The van der Waals surface area contributed by atoms with Gasteiger partial charge in [-0.1, -0.05) is 0 Å². The standard InChI is InChI=1S/C10H11N3S2/c11-8(6-1-2-6)10-13-7(5-15-10)9-12-3-4-14-9/h3-6,8H,1-2,11H2. The van der Waals surface area contributed by atoms with Crippen LogP contribution in [-0.2, 0) is 0 Å². The van der Waals surface area contributed by atoms with Crippen molar-refractivity contribution in [3.63, 3.8) is 0 Å². The lowest BCUT2D eigenvalue weighted by Gasteiger charge is -2.04. The molecule has 1 atom stereocenters. The highest BCUT2D eigenvalue weighted by Gasteiger charge is 2.31. The highest BCUT2D eigenvalue weighted by Crippen LogP contribution is 2.40. The first-order valence-corrected chi connectivity index (χ1v) is 6.71. The fourth-order valence-electron chi connectivity index (χ4n) is 1.55. The van der Waals surface area contributed by atoms with Crippen molar-refractivity contribution in [1.29, 1.82) is 0 Å². The Balaban J connectivity index is 1.87. The van der Waals surface area contributed by atoms with Crippen LogP contribution in [0.15, 0.2) is 17.0 Å². The van der Waals surface area contributed by atoms with Gasteiger partial charge in [0.15, 0.2) is 0 Å². The summed E-state index contributed by atoms with van der Waals surface area (Å²) in [5, 5.41) is 6.06. The van der Waals surface area contributed by atoms with Crippen LogP contribution in [0, 0.1) is 5.92 Å². The lowest BCUT2D eigenvalue weighted by molar-refractivity contribution is 0.629. The quantitative estimate of drug-likeness (QED) is 0.893. The first-order chi connectivity index (χ1) is 7.34. The van der Waals surface area contributed by atoms with E-state index in [1.807, 2.05) is 5.38 Å². The molecule has 1 aliphatic carbocycles. The van der Waals surface area contributed by atoms with Crippen LogP contribution in [0.1, 0.15) is 23.9 Å². The van der Waals surface area contributed by atoms with Gasteiger partial charge in [-0.2, -0.15) is 0 Å². The van der Waals surface area contributed by atoms with E-state index in [-0.39, 0.29) is 6.04 Å². The van der Waals surface area contributed by atoms with Crippen molar-refractivity contribution >= 4 is 22.7 Å². The Hall–Kier alpha value is -0.780. The van der Waals surface area contributed by atoms with Crippen molar-refractivity contribution in [1.82, 2.24) is 9.97 Å². The smallest absolute Gasteiger partial charge is 0.142 e. The summed E-state index contributed by atoms with van der Waals surface area (Å²) in [6.45, 7) is 0. The predicted molar refractivity (Wildman–Crippen MR) is 62.9 cm³/mol. The number of rotatable bonds is 3. The average Bonchev–Trinajstić information content (AvgIpc) is 2.80. The van der Waals surface area contributed by atoms with Gasteiger partial charge in [0.05, 0.1) is 6.04 Å². The van der Waals surface area contributed by atoms with Gasteiger partial charge in [0.1, 0.15) is 15.7 Å². The van der Waals surface area contributed by atoms with Crippen molar-refractivity contribution < 1.29 is 0 Å². The largest absolute Gasteiger partial charge is 0.322 e. The number of hydrogen-bond acceptors (Lipinski definition) is 5. The number of nitrogens with zero attached hydrogens (tertiary/aromatic N) is 2. The van der Waals surface area contributed by atoms with Crippen molar-refractivity contribution in [2.45, 2.75) is 18.9 Å². The first-order valence-electron chi connectivity index (χ1n) is 4.95. The third-order valence-electron chi connectivity index (χ3n) is 2.59. The fraction of sp³-hybridized carbons (Fsp3) is 0.400. The molecule has 2 N–H and O–H groups in total. The fourth-order valence-corrected chi connectivity index (χ4v) is 3.12. The molecule has 0 amide bonds. The normalized spacial score (nSPS) is 17.9. The Morgan fingerprint density at radius 1 is 1.40 bits per heavy atom. The molecule has 2 aromatic rings. The monoisotopic (exact) mass is 237 g/mol. The summed E-state index contributed by atoms with van der Waals surface area (Å²) in [7, 11) is 0. The second kappa shape index (κ2) is 3.66. The maximum Gasteiger partial charge on any atom is 0.142 e. The molecule has 0 spiro atoms. The molecule has 3 nitrogen and oxygen atoms in total. The van der Waals surface area contributed by atoms with Crippen LogP contribution in [0.25, 0.3) is 10.7 Å². The zero-order valence-corrected chi connectivity index (χ0v) is 9.72. The van der Waals surface area contributed by atoms with Crippen LogP contribution in [0.5, 0.6) is 0 Å². The van der Waals surface area contributed by atoms with E-state index in [1.165, 1.54) is 12.8 Å². The second-order valence-corrected chi connectivity index (χ2v) is 5.56. The van der Waals surface area contributed by atoms with Crippen LogP contribution in [0.2, 0.25) is 0 Å². The van der Waals surface area contributed by atoms with Crippen molar-refractivity contribution in [2.75, 3.05) is 0 Å². The molecule has 15 heavy (non-hydrogen) atoms. The highest BCUT2D eigenvalue weighted by atomic mass is 32.1. The molecular weight excluding hydrogens is 226 g/mol. The highest BCUT2D eigenvalue weighted by molar-refractivity contribution is 7.14. The molecule has 1 unspecified atom stereocenters. The molecule has 78 valence electrons. The van der Waals surface area contributed by atoms with Gasteiger partial charge in [0, 0.05) is 17.0 Å². The lowest BCUT2D eigenvalue weighted by Crippen LogP contribution is -2.11. The Kier molecular flexibility index (Phi) is 2.31. The third-order valence-corrected chi connectivity index (χ3v) is 4.33. The molecular formula is C10H11N3S2. The Bertz CT molecular complexity index is 445. The maximum atomic E-state index is 6.10. The van der Waals surface area contributed by atoms with Gasteiger partial charge < -0.3 is 5.73 Å². The van der Waals surface area contributed by atoms with E-state index in [2.05, 4.69) is 15.3 Å². The number of hydrogen-bond donors (Lipinski definition) is 1. The summed E-state index contributed by atoms with van der Waals surface area (Å²) in [6, 6.07) is 0.142. The molecule has 1 saturated carbocycles. The van der Waals surface area contributed by atoms with E-state index in [4.69, 9.17) is 5.73 Å². The minimum Gasteiger partial charge on any atom is -0.322 e. The first kappa shape index (κ1) is 9.45. The van der Waals surface area contributed by atoms with Crippen molar-refractivity contribution in [2.24, 2.45) is 11.7 Å². The Labute approximate surface area is 96.0 Å². The zero-order valence-electron chi connectivity index (χ0n) is 8.09. The molecule has 1 fully saturated rings. The van der Waals surface area contributed by atoms with Crippen LogP contribution in [0.4, 0.5) is 0 Å². The van der Waals surface area contributed by atoms with Gasteiger partial charge in [-0.15, -0.1) is 22.7 Å². The van der Waals surface area contributed by atoms with Crippen LogP contribution >= 0.6 is 22.7 Å². The topological polar surface area (TPSA) is 51.8 Å². The summed E-state index contributed by atoms with van der Waals surface area (Å²) in [5.74, 6) is 0.667. The molecule has 0 radical (unpaired) electrons. The van der Waals surface area contributed by atoms with E-state index in [1.54, 1.807) is 28.9 Å². The van der Waals surface area contributed by atoms with E-state index >= 15 is 0 Å². The molecule has 0 aromatic carbocycles. The summed E-state index contributed by atoms with van der Waals surface area (Å²) in [5.41, 5.74) is 7.07. The maximum absolute atomic E-state index is 6.10. The molecule has 0 aliphatic heterocycles. The third kappa shape index (κ3) is 1.82. The van der Waals surface area contributed by atoms with Gasteiger partial charge in [0.2, 0.25) is 0 Å². The number of nitrogens with two attached hydrogens (primary N) is 1. The Morgan fingerprint density at radius 2 is 2.27 bits per heavy atom. The predicted octanol–water partition coefficient (Wildman–Crippen LogP) is 2.68. The van der Waals surface area contributed by atoms with Crippen LogP contribution < -0.4 is 5.73 Å². The summed E-state index contributed by atoms with van der Waals surface area (Å²) in [6.07, 6.45) is 4.32. The summed E-state index contributed by atoms with van der Waals surface area (Å²) >= 11 is 3.27. The molecule has 5 heteroatoms. The average molecular weight is 237 g/mol. The van der Waals surface area contributed by atoms with Crippen LogP contribution in [0.3, 0.4) is 0 Å². The lowest BCUT2D eigenvalue weighted by atomic mass is 10.2. The Morgan fingerprint density at radius 3 is 2.93 bits per heavy atom. The van der Waals surface area contributed by atoms with Crippen LogP contribution in [-0.4, -0.2) is 9.97 Å². The summed E-state index contributed by atoms with van der Waals surface area (Å²) < 4.78 is 0. The van der Waals surface area contributed by atoms with Gasteiger partial charge in [-0.25, -0.2) is 9.97 Å². The molecule has 3 rings (SSSR count). The van der Waals surface area contributed by atoms with E-state index < -0.39 is 0 Å². The SMILES string of the molecule is NC(c1nc(-c2nccs2)cs1)C1CC1. The molecule has 2 aromatic heterocycles.